The fourth-order valence-electron chi connectivity index (χ4n) is 4.75. The second-order valence-electron chi connectivity index (χ2n) is 9.91. The molecule has 196 valence electrons. The summed E-state index contributed by atoms with van der Waals surface area (Å²) in [5, 5.41) is 0. The van der Waals surface area contributed by atoms with Crippen molar-refractivity contribution in [1.82, 2.24) is 0 Å². The van der Waals surface area contributed by atoms with Gasteiger partial charge < -0.3 is 0 Å². The molecule has 0 heterocycles. The molecule has 6 rings (SSSR count). The number of hydrogen-bond donors (Lipinski definition) is 0. The van der Waals surface area contributed by atoms with Crippen molar-refractivity contribution >= 4 is 5.57 Å². The Morgan fingerprint density at radius 2 is 0.714 bits per heavy atom. The Labute approximate surface area is 248 Å². The van der Waals surface area contributed by atoms with Crippen molar-refractivity contribution in [1.29, 1.82) is 0 Å². The average Bonchev–Trinajstić information content (AvgIpc) is 3.08. The number of hydrogen-bond acceptors (Lipinski definition) is 0. The smallest absolute Gasteiger partial charge is 0.0405 e. The topological polar surface area (TPSA) is 0 Å². The molecule has 0 radical (unpaired) electrons. The van der Waals surface area contributed by atoms with Crippen LogP contribution in [-0.4, -0.2) is 0 Å². The van der Waals surface area contributed by atoms with E-state index in [0.29, 0.717) is 0 Å². The van der Waals surface area contributed by atoms with E-state index in [9.17, 15) is 0 Å². The van der Waals surface area contributed by atoms with Crippen LogP contribution in [0.3, 0.4) is 0 Å². The zero-order valence-electron chi connectivity index (χ0n) is 23.2. The van der Waals surface area contributed by atoms with E-state index in [4.69, 9.17) is 0 Å². The van der Waals surface area contributed by atoms with Crippen LogP contribution in [-0.2, 0) is 0 Å². The monoisotopic (exact) mass is 532 g/mol. The van der Waals surface area contributed by atoms with Crippen LogP contribution in [0.25, 0.3) is 39.0 Å². The lowest BCUT2D eigenvalue weighted by atomic mass is 9.99. The van der Waals surface area contributed by atoms with E-state index < -0.39 is 0 Å². The molecule has 42 heavy (non-hydrogen) atoms. The Morgan fingerprint density at radius 3 is 1.14 bits per heavy atom. The molecule has 0 atom stereocenters. The van der Waals surface area contributed by atoms with Crippen LogP contribution in [0.15, 0.2) is 170 Å². The van der Waals surface area contributed by atoms with Gasteiger partial charge in [0.25, 0.3) is 0 Å². The van der Waals surface area contributed by atoms with E-state index in [-0.39, 0.29) is 0 Å². The average molecular weight is 533 g/mol. The van der Waals surface area contributed by atoms with Crippen LogP contribution in [0.5, 0.6) is 0 Å². The SMILES string of the molecule is C(#Cc1ccc(-c2ccccc2)cc1)/C=C(\C#Cc1ccc(-c2ccccc2)cc1)c1ccc(-c2ccccc2)cc1. The standard InChI is InChI=1S/C42H28/c1-4-12-35(13-5-1)39-25-19-33(20-26-39)11-10-18-38(42-31-29-41(30-32-42)37-16-8-3-9-17-37)24-21-34-22-27-40(28-23-34)36-14-6-2-7-15-36/h1-9,12-20,22-23,25-32H/b38-18+. The second kappa shape index (κ2) is 13.0. The molecule has 0 aliphatic rings. The van der Waals surface area contributed by atoms with E-state index in [1.165, 1.54) is 33.4 Å². The van der Waals surface area contributed by atoms with E-state index in [0.717, 1.165) is 22.3 Å². The van der Waals surface area contributed by atoms with Gasteiger partial charge in [0.15, 0.2) is 0 Å². The van der Waals surface area contributed by atoms with Gasteiger partial charge in [0.1, 0.15) is 0 Å². The molecule has 0 heteroatoms. The summed E-state index contributed by atoms with van der Waals surface area (Å²) in [6, 6.07) is 56.5. The van der Waals surface area contributed by atoms with Crippen molar-refractivity contribution in [2.75, 3.05) is 0 Å². The summed E-state index contributed by atoms with van der Waals surface area (Å²) in [7, 11) is 0. The van der Waals surface area contributed by atoms with Gasteiger partial charge in [-0.25, -0.2) is 0 Å². The van der Waals surface area contributed by atoms with Gasteiger partial charge in [0.05, 0.1) is 0 Å². The van der Waals surface area contributed by atoms with Gasteiger partial charge in [-0.05, 0) is 63.2 Å². The zero-order chi connectivity index (χ0) is 28.4. The number of benzene rings is 6. The van der Waals surface area contributed by atoms with Gasteiger partial charge >= 0.3 is 0 Å². The minimum atomic E-state index is 0.884. The number of allylic oxidation sites excluding steroid dienone is 2. The fraction of sp³-hybridized carbons (Fsp3) is 0. The quantitative estimate of drug-likeness (QED) is 0.198. The Hall–Kier alpha value is -5.82. The van der Waals surface area contributed by atoms with E-state index in [1.54, 1.807) is 0 Å². The van der Waals surface area contributed by atoms with Gasteiger partial charge in [-0.15, -0.1) is 0 Å². The van der Waals surface area contributed by atoms with E-state index >= 15 is 0 Å². The summed E-state index contributed by atoms with van der Waals surface area (Å²) >= 11 is 0. The van der Waals surface area contributed by atoms with Gasteiger partial charge in [0.2, 0.25) is 0 Å². The molecule has 6 aromatic carbocycles. The zero-order valence-corrected chi connectivity index (χ0v) is 23.2. The van der Waals surface area contributed by atoms with Gasteiger partial charge in [-0.1, -0.05) is 163 Å². The summed E-state index contributed by atoms with van der Waals surface area (Å²) in [6.07, 6.45) is 1.92. The first-order chi connectivity index (χ1) is 20.8. The molecule has 0 bridgehead atoms. The van der Waals surface area contributed by atoms with Crippen molar-refractivity contribution in [2.24, 2.45) is 0 Å². The summed E-state index contributed by atoms with van der Waals surface area (Å²) in [5.74, 6) is 13.3. The van der Waals surface area contributed by atoms with Crippen LogP contribution in [0.2, 0.25) is 0 Å². The summed E-state index contributed by atoms with van der Waals surface area (Å²) in [6.45, 7) is 0. The molecule has 0 aliphatic heterocycles. The molecular formula is C42H28. The van der Waals surface area contributed by atoms with Crippen molar-refractivity contribution in [3.63, 3.8) is 0 Å². The fourth-order valence-corrected chi connectivity index (χ4v) is 4.75. The second-order valence-corrected chi connectivity index (χ2v) is 9.91. The van der Waals surface area contributed by atoms with Crippen LogP contribution in [0, 0.1) is 23.7 Å². The van der Waals surface area contributed by atoms with Gasteiger partial charge in [-0.3, -0.25) is 0 Å². The Kier molecular flexibility index (Phi) is 8.19. The molecular weight excluding hydrogens is 504 g/mol. The van der Waals surface area contributed by atoms with Crippen LogP contribution in [0.4, 0.5) is 0 Å². The first-order valence-electron chi connectivity index (χ1n) is 14.0. The van der Waals surface area contributed by atoms with Crippen LogP contribution in [0.1, 0.15) is 16.7 Å². The van der Waals surface area contributed by atoms with E-state index in [2.05, 4.69) is 169 Å². The lowest BCUT2D eigenvalue weighted by molar-refractivity contribution is 1.58. The maximum atomic E-state index is 3.40. The molecule has 0 fully saturated rings. The highest BCUT2D eigenvalue weighted by Crippen LogP contribution is 2.23. The Morgan fingerprint density at radius 1 is 0.357 bits per heavy atom. The first kappa shape index (κ1) is 26.4. The minimum absolute atomic E-state index is 0.884. The highest BCUT2D eigenvalue weighted by Gasteiger charge is 2.02. The third kappa shape index (κ3) is 6.66. The van der Waals surface area contributed by atoms with Crippen LogP contribution < -0.4 is 0 Å². The normalized spacial score (nSPS) is 10.6. The third-order valence-electron chi connectivity index (χ3n) is 7.06. The predicted molar refractivity (Wildman–Crippen MR) is 177 cm³/mol. The molecule has 0 aromatic heterocycles. The van der Waals surface area contributed by atoms with Crippen molar-refractivity contribution in [3.05, 3.63) is 187 Å². The molecule has 0 nitrogen and oxygen atoms in total. The van der Waals surface area contributed by atoms with Crippen molar-refractivity contribution < 1.29 is 0 Å². The predicted octanol–water partition coefficient (Wildman–Crippen LogP) is 10.2. The highest BCUT2D eigenvalue weighted by molar-refractivity contribution is 5.83. The van der Waals surface area contributed by atoms with Crippen molar-refractivity contribution in [3.8, 4) is 57.1 Å². The van der Waals surface area contributed by atoms with Gasteiger partial charge in [0, 0.05) is 22.8 Å². The van der Waals surface area contributed by atoms with E-state index in [1.807, 2.05) is 24.3 Å². The van der Waals surface area contributed by atoms with Gasteiger partial charge in [-0.2, -0.15) is 0 Å². The maximum absolute atomic E-state index is 3.40. The first-order valence-corrected chi connectivity index (χ1v) is 14.0. The maximum Gasteiger partial charge on any atom is 0.0405 e. The molecule has 0 aliphatic carbocycles. The van der Waals surface area contributed by atoms with Crippen LogP contribution >= 0.6 is 0 Å². The molecule has 0 saturated carbocycles. The molecule has 0 unspecified atom stereocenters. The van der Waals surface area contributed by atoms with Crippen molar-refractivity contribution in [2.45, 2.75) is 0 Å². The molecule has 0 amide bonds. The minimum Gasteiger partial charge on any atom is -0.0683 e. The lowest BCUT2D eigenvalue weighted by Gasteiger charge is -2.04. The summed E-state index contributed by atoms with van der Waals surface area (Å²) < 4.78 is 0. The molecule has 0 saturated heterocycles. The molecule has 0 spiro atoms. The Bertz CT molecular complexity index is 1900. The summed E-state index contributed by atoms with van der Waals surface area (Å²) in [4.78, 5) is 0. The highest BCUT2D eigenvalue weighted by atomic mass is 14.1. The number of rotatable bonds is 4. The lowest BCUT2D eigenvalue weighted by Crippen LogP contribution is -1.84. The third-order valence-corrected chi connectivity index (χ3v) is 7.06. The molecule has 0 N–H and O–H groups in total. The largest absolute Gasteiger partial charge is 0.0683 e. The summed E-state index contributed by atoms with van der Waals surface area (Å²) in [5.41, 5.74) is 11.0. The Balaban J connectivity index is 1.28. The molecule has 6 aromatic rings.